The standard InChI is InChI=1S/C17H18F2N2O2/c1-11-3-8-15(12(2)9-11)20-10-16(22)21-13-4-6-14(7-5-13)23-17(18)19/h3-9,17,20H,10H2,1-2H3,(H,21,22). The number of alkyl halides is 2. The summed E-state index contributed by atoms with van der Waals surface area (Å²) in [5, 5.41) is 5.74. The van der Waals surface area contributed by atoms with Crippen LogP contribution >= 0.6 is 0 Å². The second-order valence-corrected chi connectivity index (χ2v) is 5.12. The van der Waals surface area contributed by atoms with Crippen molar-refractivity contribution in [3.63, 3.8) is 0 Å². The van der Waals surface area contributed by atoms with Crippen LogP contribution in [0.1, 0.15) is 11.1 Å². The number of rotatable bonds is 6. The number of carbonyl (C=O) groups excluding carboxylic acids is 1. The summed E-state index contributed by atoms with van der Waals surface area (Å²) in [5.41, 5.74) is 3.63. The lowest BCUT2D eigenvalue weighted by Crippen LogP contribution is -2.22. The molecular weight excluding hydrogens is 302 g/mol. The number of anilines is 2. The molecule has 0 atom stereocenters. The largest absolute Gasteiger partial charge is 0.435 e. The van der Waals surface area contributed by atoms with E-state index in [9.17, 15) is 13.6 Å². The minimum Gasteiger partial charge on any atom is -0.435 e. The Kier molecular flexibility index (Phi) is 5.51. The highest BCUT2D eigenvalue weighted by molar-refractivity contribution is 5.93. The van der Waals surface area contributed by atoms with Gasteiger partial charge in [0.15, 0.2) is 0 Å². The Labute approximate surface area is 133 Å². The van der Waals surface area contributed by atoms with Crippen LogP contribution in [0.3, 0.4) is 0 Å². The maximum Gasteiger partial charge on any atom is 0.387 e. The Morgan fingerprint density at radius 1 is 1.13 bits per heavy atom. The van der Waals surface area contributed by atoms with Crippen LogP contribution in [-0.4, -0.2) is 19.1 Å². The third-order valence-electron chi connectivity index (χ3n) is 3.18. The van der Waals surface area contributed by atoms with Gasteiger partial charge in [-0.05, 0) is 49.7 Å². The van der Waals surface area contributed by atoms with E-state index in [2.05, 4.69) is 15.4 Å². The van der Waals surface area contributed by atoms with Gasteiger partial charge in [0.25, 0.3) is 0 Å². The second kappa shape index (κ2) is 7.58. The number of benzene rings is 2. The van der Waals surface area contributed by atoms with E-state index < -0.39 is 6.61 Å². The molecule has 0 aromatic heterocycles. The lowest BCUT2D eigenvalue weighted by molar-refractivity contribution is -0.114. The van der Waals surface area contributed by atoms with Crippen molar-refractivity contribution in [2.24, 2.45) is 0 Å². The second-order valence-electron chi connectivity index (χ2n) is 5.12. The molecule has 122 valence electrons. The van der Waals surface area contributed by atoms with Crippen molar-refractivity contribution < 1.29 is 18.3 Å². The summed E-state index contributed by atoms with van der Waals surface area (Å²) in [6, 6.07) is 11.7. The maximum absolute atomic E-state index is 12.1. The van der Waals surface area contributed by atoms with Crippen molar-refractivity contribution in [2.45, 2.75) is 20.5 Å². The number of amides is 1. The molecular formula is C17H18F2N2O2. The van der Waals surface area contributed by atoms with Crippen LogP contribution in [0.5, 0.6) is 5.75 Å². The maximum atomic E-state index is 12.1. The first-order valence-corrected chi connectivity index (χ1v) is 7.10. The van der Waals surface area contributed by atoms with Gasteiger partial charge in [0.1, 0.15) is 5.75 Å². The van der Waals surface area contributed by atoms with Crippen molar-refractivity contribution in [1.82, 2.24) is 0 Å². The van der Waals surface area contributed by atoms with E-state index in [0.717, 1.165) is 16.8 Å². The third-order valence-corrected chi connectivity index (χ3v) is 3.18. The fraction of sp³-hybridized carbons (Fsp3) is 0.235. The fourth-order valence-electron chi connectivity index (χ4n) is 2.11. The topological polar surface area (TPSA) is 50.4 Å². The van der Waals surface area contributed by atoms with Gasteiger partial charge in [0, 0.05) is 11.4 Å². The Balaban J connectivity index is 1.87. The molecule has 2 aromatic rings. The minimum absolute atomic E-state index is 0.0476. The molecule has 2 N–H and O–H groups in total. The predicted octanol–water partition coefficient (Wildman–Crippen LogP) is 3.96. The number of aryl methyl sites for hydroxylation is 2. The lowest BCUT2D eigenvalue weighted by atomic mass is 10.1. The molecule has 6 heteroatoms. The van der Waals surface area contributed by atoms with E-state index in [1.54, 1.807) is 0 Å². The minimum atomic E-state index is -2.86. The van der Waals surface area contributed by atoms with Crippen LogP contribution < -0.4 is 15.4 Å². The van der Waals surface area contributed by atoms with E-state index in [1.807, 2.05) is 32.0 Å². The zero-order chi connectivity index (χ0) is 16.8. The molecule has 1 amide bonds. The van der Waals surface area contributed by atoms with E-state index in [1.165, 1.54) is 24.3 Å². The molecule has 0 saturated carbocycles. The Morgan fingerprint density at radius 2 is 1.83 bits per heavy atom. The summed E-state index contributed by atoms with van der Waals surface area (Å²) in [7, 11) is 0. The van der Waals surface area contributed by atoms with E-state index in [-0.39, 0.29) is 18.2 Å². The number of nitrogens with one attached hydrogen (secondary N) is 2. The number of hydrogen-bond acceptors (Lipinski definition) is 3. The van der Waals surface area contributed by atoms with Crippen molar-refractivity contribution in [3.05, 3.63) is 53.6 Å². The average Bonchev–Trinajstić information content (AvgIpc) is 2.48. The van der Waals surface area contributed by atoms with Crippen LogP contribution in [0.2, 0.25) is 0 Å². The Morgan fingerprint density at radius 3 is 2.43 bits per heavy atom. The monoisotopic (exact) mass is 320 g/mol. The smallest absolute Gasteiger partial charge is 0.387 e. The van der Waals surface area contributed by atoms with E-state index in [4.69, 9.17) is 0 Å². The highest BCUT2D eigenvalue weighted by Crippen LogP contribution is 2.18. The first-order valence-electron chi connectivity index (χ1n) is 7.10. The summed E-state index contributed by atoms with van der Waals surface area (Å²) in [4.78, 5) is 11.9. The van der Waals surface area contributed by atoms with Crippen LogP contribution in [0, 0.1) is 13.8 Å². The number of halogens is 2. The van der Waals surface area contributed by atoms with Gasteiger partial charge in [0.05, 0.1) is 6.54 Å². The molecule has 0 aliphatic carbocycles. The predicted molar refractivity (Wildman–Crippen MR) is 86.1 cm³/mol. The third kappa shape index (κ3) is 5.25. The average molecular weight is 320 g/mol. The van der Waals surface area contributed by atoms with Crippen molar-refractivity contribution in [2.75, 3.05) is 17.2 Å². The van der Waals surface area contributed by atoms with Gasteiger partial charge in [-0.1, -0.05) is 17.7 Å². The van der Waals surface area contributed by atoms with E-state index in [0.29, 0.717) is 5.69 Å². The molecule has 0 spiro atoms. The molecule has 0 aliphatic heterocycles. The number of carbonyl (C=O) groups is 1. The summed E-state index contributed by atoms with van der Waals surface area (Å²) in [6.45, 7) is 1.22. The molecule has 0 unspecified atom stereocenters. The van der Waals surface area contributed by atoms with Crippen molar-refractivity contribution in [1.29, 1.82) is 0 Å². The number of ether oxygens (including phenoxy) is 1. The molecule has 2 rings (SSSR count). The van der Waals surface area contributed by atoms with Crippen LogP contribution in [-0.2, 0) is 4.79 Å². The van der Waals surface area contributed by atoms with Gasteiger partial charge < -0.3 is 15.4 Å². The van der Waals surface area contributed by atoms with Crippen LogP contribution in [0.4, 0.5) is 20.2 Å². The number of hydrogen-bond donors (Lipinski definition) is 2. The first kappa shape index (κ1) is 16.7. The van der Waals surface area contributed by atoms with Gasteiger partial charge in [-0.3, -0.25) is 4.79 Å². The van der Waals surface area contributed by atoms with Crippen molar-refractivity contribution >= 4 is 17.3 Å². The van der Waals surface area contributed by atoms with Gasteiger partial charge in [-0.25, -0.2) is 0 Å². The van der Waals surface area contributed by atoms with Crippen molar-refractivity contribution in [3.8, 4) is 5.75 Å². The van der Waals surface area contributed by atoms with E-state index >= 15 is 0 Å². The molecule has 0 heterocycles. The van der Waals surface area contributed by atoms with Gasteiger partial charge in [-0.2, -0.15) is 8.78 Å². The molecule has 4 nitrogen and oxygen atoms in total. The molecule has 0 fully saturated rings. The molecule has 0 saturated heterocycles. The zero-order valence-corrected chi connectivity index (χ0v) is 12.9. The molecule has 0 aliphatic rings. The van der Waals surface area contributed by atoms with Gasteiger partial charge in [-0.15, -0.1) is 0 Å². The van der Waals surface area contributed by atoms with Gasteiger partial charge in [0.2, 0.25) is 5.91 Å². The molecule has 0 bridgehead atoms. The molecule has 0 radical (unpaired) electrons. The quantitative estimate of drug-likeness (QED) is 0.847. The SMILES string of the molecule is Cc1ccc(NCC(=O)Nc2ccc(OC(F)F)cc2)c(C)c1. The normalized spacial score (nSPS) is 10.5. The molecule has 2 aromatic carbocycles. The zero-order valence-electron chi connectivity index (χ0n) is 12.9. The lowest BCUT2D eigenvalue weighted by Gasteiger charge is -2.11. The Hall–Kier alpha value is -2.63. The summed E-state index contributed by atoms with van der Waals surface area (Å²) in [5.74, 6) is -0.182. The first-order chi connectivity index (χ1) is 10.9. The molecule has 23 heavy (non-hydrogen) atoms. The fourth-order valence-corrected chi connectivity index (χ4v) is 2.11. The van der Waals surface area contributed by atoms with Crippen LogP contribution in [0.15, 0.2) is 42.5 Å². The highest BCUT2D eigenvalue weighted by Gasteiger charge is 2.06. The van der Waals surface area contributed by atoms with Gasteiger partial charge >= 0.3 is 6.61 Å². The summed E-state index contributed by atoms with van der Waals surface area (Å²) < 4.78 is 28.3. The summed E-state index contributed by atoms with van der Waals surface area (Å²) >= 11 is 0. The Bertz CT molecular complexity index is 673. The summed E-state index contributed by atoms with van der Waals surface area (Å²) in [6.07, 6.45) is 0. The highest BCUT2D eigenvalue weighted by atomic mass is 19.3. The van der Waals surface area contributed by atoms with Crippen LogP contribution in [0.25, 0.3) is 0 Å².